The zero-order valence-corrected chi connectivity index (χ0v) is 13.7. The summed E-state index contributed by atoms with van der Waals surface area (Å²) in [7, 11) is 1.30. The van der Waals surface area contributed by atoms with Crippen molar-refractivity contribution in [2.24, 2.45) is 0 Å². The SMILES string of the molecule is COC(=O)c1ccc(CNC(C)CNC(=O)OC(C)(C)C)o1. The lowest BCUT2D eigenvalue weighted by atomic mass is 10.2. The zero-order valence-electron chi connectivity index (χ0n) is 13.7. The van der Waals surface area contributed by atoms with Crippen molar-refractivity contribution in [3.8, 4) is 0 Å². The van der Waals surface area contributed by atoms with Crippen LogP contribution in [0.15, 0.2) is 16.5 Å². The molecule has 124 valence electrons. The predicted molar refractivity (Wildman–Crippen MR) is 80.6 cm³/mol. The number of carbonyl (C=O) groups is 2. The largest absolute Gasteiger partial charge is 0.463 e. The van der Waals surface area contributed by atoms with Crippen molar-refractivity contribution in [1.29, 1.82) is 0 Å². The highest BCUT2D eigenvalue weighted by Gasteiger charge is 2.16. The van der Waals surface area contributed by atoms with Crippen LogP contribution in [0.3, 0.4) is 0 Å². The van der Waals surface area contributed by atoms with Gasteiger partial charge < -0.3 is 24.5 Å². The Labute approximate surface area is 130 Å². The Morgan fingerprint density at radius 3 is 2.59 bits per heavy atom. The summed E-state index contributed by atoms with van der Waals surface area (Å²) in [6.07, 6.45) is -0.452. The van der Waals surface area contributed by atoms with Gasteiger partial charge in [-0.1, -0.05) is 0 Å². The highest BCUT2D eigenvalue weighted by Crippen LogP contribution is 2.09. The van der Waals surface area contributed by atoms with E-state index in [2.05, 4.69) is 15.4 Å². The molecule has 0 aliphatic heterocycles. The molecule has 1 unspecified atom stereocenters. The monoisotopic (exact) mass is 312 g/mol. The Hall–Kier alpha value is -2.02. The van der Waals surface area contributed by atoms with Crippen LogP contribution >= 0.6 is 0 Å². The average molecular weight is 312 g/mol. The van der Waals surface area contributed by atoms with Crippen LogP contribution in [-0.4, -0.2) is 37.4 Å². The maximum Gasteiger partial charge on any atom is 0.407 e. The molecule has 1 aromatic rings. The lowest BCUT2D eigenvalue weighted by Crippen LogP contribution is -2.40. The second-order valence-corrected chi connectivity index (χ2v) is 5.92. The van der Waals surface area contributed by atoms with Gasteiger partial charge in [0.25, 0.3) is 0 Å². The van der Waals surface area contributed by atoms with Gasteiger partial charge in [0.1, 0.15) is 11.4 Å². The summed E-state index contributed by atoms with van der Waals surface area (Å²) in [6, 6.07) is 3.28. The molecule has 1 heterocycles. The van der Waals surface area contributed by atoms with Crippen LogP contribution in [0.4, 0.5) is 4.79 Å². The molecule has 0 aliphatic rings. The molecular formula is C15H24N2O5. The third kappa shape index (κ3) is 6.62. The van der Waals surface area contributed by atoms with Gasteiger partial charge in [0, 0.05) is 12.6 Å². The molecule has 0 saturated carbocycles. The summed E-state index contributed by atoms with van der Waals surface area (Å²) in [6.45, 7) is 8.20. The van der Waals surface area contributed by atoms with Gasteiger partial charge in [-0.25, -0.2) is 9.59 Å². The summed E-state index contributed by atoms with van der Waals surface area (Å²) < 4.78 is 15.0. The van der Waals surface area contributed by atoms with E-state index in [1.54, 1.807) is 12.1 Å². The van der Waals surface area contributed by atoms with Crippen LogP contribution in [0.2, 0.25) is 0 Å². The topological polar surface area (TPSA) is 89.8 Å². The lowest BCUT2D eigenvalue weighted by molar-refractivity contribution is 0.0520. The number of amides is 1. The minimum Gasteiger partial charge on any atom is -0.463 e. The third-order valence-electron chi connectivity index (χ3n) is 2.62. The van der Waals surface area contributed by atoms with E-state index >= 15 is 0 Å². The quantitative estimate of drug-likeness (QED) is 0.782. The second kappa shape index (κ2) is 7.84. The van der Waals surface area contributed by atoms with Crippen molar-refractivity contribution in [3.05, 3.63) is 23.7 Å². The number of hydrogen-bond acceptors (Lipinski definition) is 6. The number of methoxy groups -OCH3 is 1. The van der Waals surface area contributed by atoms with Gasteiger partial charge in [0.15, 0.2) is 0 Å². The number of alkyl carbamates (subject to hydrolysis) is 1. The van der Waals surface area contributed by atoms with Crippen molar-refractivity contribution < 1.29 is 23.5 Å². The van der Waals surface area contributed by atoms with E-state index in [-0.39, 0.29) is 11.8 Å². The van der Waals surface area contributed by atoms with Crippen LogP contribution in [0, 0.1) is 0 Å². The molecular weight excluding hydrogens is 288 g/mol. The van der Waals surface area contributed by atoms with Gasteiger partial charge in [0.05, 0.1) is 13.7 Å². The van der Waals surface area contributed by atoms with Crippen molar-refractivity contribution in [3.63, 3.8) is 0 Å². The smallest absolute Gasteiger partial charge is 0.407 e. The molecule has 1 rings (SSSR count). The third-order valence-corrected chi connectivity index (χ3v) is 2.62. The highest BCUT2D eigenvalue weighted by atomic mass is 16.6. The number of esters is 1. The molecule has 0 spiro atoms. The lowest BCUT2D eigenvalue weighted by Gasteiger charge is -2.21. The van der Waals surface area contributed by atoms with Crippen LogP contribution in [0.5, 0.6) is 0 Å². The Bertz CT molecular complexity index is 504. The van der Waals surface area contributed by atoms with Crippen molar-refractivity contribution in [1.82, 2.24) is 10.6 Å². The Morgan fingerprint density at radius 1 is 1.32 bits per heavy atom. The number of hydrogen-bond donors (Lipinski definition) is 2. The zero-order chi connectivity index (χ0) is 16.8. The first-order valence-corrected chi connectivity index (χ1v) is 7.08. The van der Waals surface area contributed by atoms with Gasteiger partial charge in [-0.2, -0.15) is 0 Å². The van der Waals surface area contributed by atoms with E-state index in [9.17, 15) is 9.59 Å². The van der Waals surface area contributed by atoms with E-state index in [4.69, 9.17) is 9.15 Å². The fourth-order valence-corrected chi connectivity index (χ4v) is 1.58. The van der Waals surface area contributed by atoms with Crippen LogP contribution in [0.1, 0.15) is 44.0 Å². The van der Waals surface area contributed by atoms with Gasteiger partial charge >= 0.3 is 12.1 Å². The maximum absolute atomic E-state index is 11.5. The predicted octanol–water partition coefficient (Wildman–Crippen LogP) is 2.07. The van der Waals surface area contributed by atoms with Gasteiger partial charge in [-0.3, -0.25) is 0 Å². The molecule has 1 aromatic heterocycles. The fourth-order valence-electron chi connectivity index (χ4n) is 1.58. The second-order valence-electron chi connectivity index (χ2n) is 5.92. The van der Waals surface area contributed by atoms with Crippen LogP contribution in [-0.2, 0) is 16.0 Å². The molecule has 7 nitrogen and oxygen atoms in total. The molecule has 0 bridgehead atoms. The normalized spacial score (nSPS) is 12.6. The average Bonchev–Trinajstić information content (AvgIpc) is 2.89. The van der Waals surface area contributed by atoms with Crippen LogP contribution < -0.4 is 10.6 Å². The summed E-state index contributed by atoms with van der Waals surface area (Å²) in [4.78, 5) is 22.8. The minimum atomic E-state index is -0.515. The maximum atomic E-state index is 11.5. The molecule has 2 N–H and O–H groups in total. The molecule has 0 radical (unpaired) electrons. The Kier molecular flexibility index (Phi) is 6.42. The molecule has 0 aliphatic carbocycles. The van der Waals surface area contributed by atoms with Crippen molar-refractivity contribution >= 4 is 12.1 Å². The summed E-state index contributed by atoms with van der Waals surface area (Å²) in [5.41, 5.74) is -0.515. The Morgan fingerprint density at radius 2 is 2.00 bits per heavy atom. The first-order chi connectivity index (χ1) is 10.2. The van der Waals surface area contributed by atoms with E-state index < -0.39 is 17.7 Å². The Balaban J connectivity index is 2.31. The van der Waals surface area contributed by atoms with Gasteiger partial charge in [-0.15, -0.1) is 0 Å². The highest BCUT2D eigenvalue weighted by molar-refractivity contribution is 5.86. The molecule has 1 amide bonds. The summed E-state index contributed by atoms with van der Waals surface area (Å²) >= 11 is 0. The fraction of sp³-hybridized carbons (Fsp3) is 0.600. The van der Waals surface area contributed by atoms with E-state index in [1.165, 1.54) is 7.11 Å². The van der Waals surface area contributed by atoms with E-state index in [0.717, 1.165) is 0 Å². The van der Waals surface area contributed by atoms with Gasteiger partial charge in [-0.05, 0) is 39.8 Å². The summed E-state index contributed by atoms with van der Waals surface area (Å²) in [5, 5.41) is 5.85. The number of ether oxygens (including phenoxy) is 2. The number of nitrogens with one attached hydrogen (secondary N) is 2. The first-order valence-electron chi connectivity index (χ1n) is 7.08. The van der Waals surface area contributed by atoms with E-state index in [1.807, 2.05) is 27.7 Å². The van der Waals surface area contributed by atoms with Crippen molar-refractivity contribution in [2.75, 3.05) is 13.7 Å². The standard InChI is InChI=1S/C15H24N2O5/c1-10(8-17-14(19)22-15(2,3)4)16-9-11-6-7-12(21-11)13(18)20-5/h6-7,10,16H,8-9H2,1-5H3,(H,17,19). The molecule has 0 fully saturated rings. The molecule has 0 saturated heterocycles. The van der Waals surface area contributed by atoms with Crippen LogP contribution in [0.25, 0.3) is 0 Å². The number of carbonyl (C=O) groups excluding carboxylic acids is 2. The minimum absolute atomic E-state index is 0.0131. The van der Waals surface area contributed by atoms with Gasteiger partial charge in [0.2, 0.25) is 5.76 Å². The molecule has 1 atom stereocenters. The molecule has 0 aromatic carbocycles. The number of rotatable bonds is 6. The van der Waals surface area contributed by atoms with Crippen molar-refractivity contribution in [2.45, 2.75) is 45.9 Å². The molecule has 7 heteroatoms. The number of furan rings is 1. The summed E-state index contributed by atoms with van der Waals surface area (Å²) in [5.74, 6) is 0.272. The van der Waals surface area contributed by atoms with E-state index in [0.29, 0.717) is 18.8 Å². The molecule has 22 heavy (non-hydrogen) atoms. The first kappa shape index (κ1) is 18.0.